The van der Waals surface area contributed by atoms with E-state index in [9.17, 15) is 0 Å². The number of methoxy groups -OCH3 is 2. The SMILES string of the molecule is CCOC(OC(C)C(OC)OC)c1ccccc1-c1nc(N)nc(N)n1. The van der Waals surface area contributed by atoms with Crippen molar-refractivity contribution >= 4 is 11.9 Å². The van der Waals surface area contributed by atoms with Crippen LogP contribution in [0.15, 0.2) is 24.3 Å². The summed E-state index contributed by atoms with van der Waals surface area (Å²) in [5.41, 5.74) is 12.8. The molecule has 0 aliphatic carbocycles. The molecule has 0 amide bonds. The summed E-state index contributed by atoms with van der Waals surface area (Å²) in [4.78, 5) is 12.1. The first-order valence-electron chi connectivity index (χ1n) is 8.19. The molecule has 0 fully saturated rings. The monoisotopic (exact) mass is 363 g/mol. The Morgan fingerprint density at radius 1 is 1.00 bits per heavy atom. The van der Waals surface area contributed by atoms with Gasteiger partial charge < -0.3 is 30.4 Å². The molecule has 0 aliphatic heterocycles. The highest BCUT2D eigenvalue weighted by Crippen LogP contribution is 2.31. The summed E-state index contributed by atoms with van der Waals surface area (Å²) >= 11 is 0. The second kappa shape index (κ2) is 9.39. The molecule has 2 atom stereocenters. The van der Waals surface area contributed by atoms with Crippen molar-refractivity contribution in [2.45, 2.75) is 32.5 Å². The highest BCUT2D eigenvalue weighted by Gasteiger charge is 2.25. The maximum absolute atomic E-state index is 6.04. The van der Waals surface area contributed by atoms with Gasteiger partial charge in [-0.25, -0.2) is 0 Å². The Labute approximate surface area is 152 Å². The third-order valence-electron chi connectivity index (χ3n) is 3.63. The van der Waals surface area contributed by atoms with E-state index in [1.54, 1.807) is 14.2 Å². The van der Waals surface area contributed by atoms with Crippen molar-refractivity contribution < 1.29 is 18.9 Å². The second-order valence-corrected chi connectivity index (χ2v) is 5.43. The minimum atomic E-state index is -0.682. The first-order chi connectivity index (χ1) is 12.5. The van der Waals surface area contributed by atoms with Crippen LogP contribution in [0.25, 0.3) is 11.4 Å². The van der Waals surface area contributed by atoms with Gasteiger partial charge >= 0.3 is 0 Å². The lowest BCUT2D eigenvalue weighted by molar-refractivity contribution is -0.239. The normalized spacial score (nSPS) is 13.7. The first kappa shape index (κ1) is 20.0. The van der Waals surface area contributed by atoms with Gasteiger partial charge in [-0.15, -0.1) is 0 Å². The van der Waals surface area contributed by atoms with Gasteiger partial charge in [-0.1, -0.05) is 24.3 Å². The molecule has 1 heterocycles. The third kappa shape index (κ3) is 4.85. The lowest BCUT2D eigenvalue weighted by atomic mass is 10.1. The fraction of sp³-hybridized carbons (Fsp3) is 0.471. The molecule has 142 valence electrons. The number of benzene rings is 1. The van der Waals surface area contributed by atoms with E-state index >= 15 is 0 Å². The number of nitrogens with zero attached hydrogens (tertiary/aromatic N) is 3. The Kier molecular flexibility index (Phi) is 7.22. The van der Waals surface area contributed by atoms with E-state index in [0.29, 0.717) is 18.0 Å². The van der Waals surface area contributed by atoms with Crippen molar-refractivity contribution in [2.24, 2.45) is 0 Å². The molecule has 1 aromatic heterocycles. The van der Waals surface area contributed by atoms with Crippen LogP contribution in [0, 0.1) is 0 Å². The van der Waals surface area contributed by atoms with Gasteiger partial charge in [0.05, 0.1) is 0 Å². The molecule has 0 spiro atoms. The van der Waals surface area contributed by atoms with Crippen molar-refractivity contribution in [3.05, 3.63) is 29.8 Å². The van der Waals surface area contributed by atoms with Crippen LogP contribution in [0.1, 0.15) is 25.7 Å². The Balaban J connectivity index is 2.40. The summed E-state index contributed by atoms with van der Waals surface area (Å²) in [5.74, 6) is 0.438. The van der Waals surface area contributed by atoms with E-state index in [4.69, 9.17) is 30.4 Å². The molecule has 2 unspecified atom stereocenters. The molecule has 0 bridgehead atoms. The van der Waals surface area contributed by atoms with Crippen LogP contribution in [-0.4, -0.2) is 48.2 Å². The lowest BCUT2D eigenvalue weighted by Gasteiger charge is -2.27. The van der Waals surface area contributed by atoms with E-state index in [2.05, 4.69) is 15.0 Å². The average molecular weight is 363 g/mol. The van der Waals surface area contributed by atoms with Crippen LogP contribution in [0.4, 0.5) is 11.9 Å². The van der Waals surface area contributed by atoms with Gasteiger partial charge in [0, 0.05) is 32.0 Å². The molecular weight excluding hydrogens is 338 g/mol. The van der Waals surface area contributed by atoms with Gasteiger partial charge in [-0.05, 0) is 13.8 Å². The summed E-state index contributed by atoms with van der Waals surface area (Å²) in [6.07, 6.45) is -1.60. The number of anilines is 2. The minimum Gasteiger partial charge on any atom is -0.368 e. The fourth-order valence-corrected chi connectivity index (χ4v) is 2.53. The summed E-state index contributed by atoms with van der Waals surface area (Å²) in [6.45, 7) is 4.16. The highest BCUT2D eigenvalue weighted by atomic mass is 16.7. The van der Waals surface area contributed by atoms with E-state index in [1.807, 2.05) is 38.1 Å². The van der Waals surface area contributed by atoms with E-state index in [-0.39, 0.29) is 18.0 Å². The molecule has 0 saturated carbocycles. The summed E-state index contributed by atoms with van der Waals surface area (Å²) in [5, 5.41) is 0. The van der Waals surface area contributed by atoms with Crippen LogP contribution in [0.2, 0.25) is 0 Å². The minimum absolute atomic E-state index is 0.0448. The molecule has 1 aromatic carbocycles. The molecule has 9 heteroatoms. The standard InChI is InChI=1S/C17H25N5O4/c1-5-25-15(26-10(2)14(23-3)24-4)12-9-7-6-8-11(12)13-20-16(18)22-17(19)21-13/h6-10,14-15H,5H2,1-4H3,(H4,18,19,20,21,22). The Bertz CT molecular complexity index is 691. The predicted octanol–water partition coefficient (Wildman–Crippen LogP) is 1.76. The van der Waals surface area contributed by atoms with Gasteiger partial charge in [0.2, 0.25) is 11.9 Å². The number of aromatic nitrogens is 3. The molecule has 2 aromatic rings. The zero-order valence-corrected chi connectivity index (χ0v) is 15.4. The molecule has 0 aliphatic rings. The Morgan fingerprint density at radius 2 is 1.62 bits per heavy atom. The lowest BCUT2D eigenvalue weighted by Crippen LogP contribution is -2.31. The van der Waals surface area contributed by atoms with Crippen LogP contribution in [-0.2, 0) is 18.9 Å². The predicted molar refractivity (Wildman–Crippen MR) is 96.8 cm³/mol. The topological polar surface area (TPSA) is 128 Å². The maximum Gasteiger partial charge on any atom is 0.225 e. The van der Waals surface area contributed by atoms with Crippen LogP contribution >= 0.6 is 0 Å². The van der Waals surface area contributed by atoms with Gasteiger partial charge in [-0.3, -0.25) is 0 Å². The van der Waals surface area contributed by atoms with Crippen LogP contribution in [0.3, 0.4) is 0 Å². The number of nitrogens with two attached hydrogens (primary N) is 2. The van der Waals surface area contributed by atoms with Crippen molar-refractivity contribution in [3.63, 3.8) is 0 Å². The Hall–Kier alpha value is -2.33. The molecular formula is C17H25N5O4. The number of hydrogen-bond acceptors (Lipinski definition) is 9. The molecule has 0 saturated heterocycles. The zero-order chi connectivity index (χ0) is 19.1. The molecule has 0 radical (unpaired) electrons. The van der Waals surface area contributed by atoms with Gasteiger partial charge in [0.1, 0.15) is 6.10 Å². The average Bonchev–Trinajstić information content (AvgIpc) is 2.61. The third-order valence-corrected chi connectivity index (χ3v) is 3.63. The van der Waals surface area contributed by atoms with Crippen molar-refractivity contribution in [2.75, 3.05) is 32.3 Å². The zero-order valence-electron chi connectivity index (χ0n) is 15.4. The molecule has 4 N–H and O–H groups in total. The summed E-state index contributed by atoms with van der Waals surface area (Å²) in [6, 6.07) is 7.44. The molecule has 2 rings (SSSR count). The van der Waals surface area contributed by atoms with Gasteiger partial charge in [-0.2, -0.15) is 15.0 Å². The number of hydrogen-bond donors (Lipinski definition) is 2. The number of nitrogen functional groups attached to an aromatic ring is 2. The summed E-state index contributed by atoms with van der Waals surface area (Å²) in [7, 11) is 3.10. The van der Waals surface area contributed by atoms with Crippen molar-refractivity contribution in [1.82, 2.24) is 15.0 Å². The quantitative estimate of drug-likeness (QED) is 0.640. The Morgan fingerprint density at radius 3 is 2.19 bits per heavy atom. The number of rotatable bonds is 9. The van der Waals surface area contributed by atoms with Crippen LogP contribution < -0.4 is 11.5 Å². The largest absolute Gasteiger partial charge is 0.368 e. The number of ether oxygens (including phenoxy) is 4. The van der Waals surface area contributed by atoms with E-state index < -0.39 is 12.6 Å². The fourth-order valence-electron chi connectivity index (χ4n) is 2.53. The van der Waals surface area contributed by atoms with Crippen molar-refractivity contribution in [1.29, 1.82) is 0 Å². The van der Waals surface area contributed by atoms with Gasteiger partial charge in [0.15, 0.2) is 18.4 Å². The first-order valence-corrected chi connectivity index (χ1v) is 8.19. The smallest absolute Gasteiger partial charge is 0.225 e. The second-order valence-electron chi connectivity index (χ2n) is 5.43. The van der Waals surface area contributed by atoms with E-state index in [1.165, 1.54) is 0 Å². The molecule has 26 heavy (non-hydrogen) atoms. The molecule has 9 nitrogen and oxygen atoms in total. The van der Waals surface area contributed by atoms with Crippen molar-refractivity contribution in [3.8, 4) is 11.4 Å². The summed E-state index contributed by atoms with van der Waals surface area (Å²) < 4.78 is 22.3. The maximum atomic E-state index is 6.04. The van der Waals surface area contributed by atoms with Crippen LogP contribution in [0.5, 0.6) is 0 Å². The highest BCUT2D eigenvalue weighted by molar-refractivity contribution is 5.62. The van der Waals surface area contributed by atoms with E-state index in [0.717, 1.165) is 5.56 Å². The van der Waals surface area contributed by atoms with Gasteiger partial charge in [0.25, 0.3) is 0 Å².